The number of phenols is 2. The van der Waals surface area contributed by atoms with Crippen molar-refractivity contribution < 1.29 is 10.2 Å². The van der Waals surface area contributed by atoms with Crippen molar-refractivity contribution in [2.75, 3.05) is 0 Å². The molecule has 0 aliphatic carbocycles. The van der Waals surface area contributed by atoms with E-state index in [0.717, 1.165) is 5.56 Å². The molecule has 1 unspecified atom stereocenters. The molecule has 0 aromatic heterocycles. The second-order valence-corrected chi connectivity index (χ2v) is 5.28. The summed E-state index contributed by atoms with van der Waals surface area (Å²) in [6.07, 6.45) is 0. The number of hydrogen-bond donors (Lipinski definition) is 3. The fourth-order valence-electron chi connectivity index (χ4n) is 2.27. The molecule has 0 bridgehead atoms. The van der Waals surface area contributed by atoms with Crippen LogP contribution in [-0.2, 0) is 0 Å². The average Bonchev–Trinajstić information content (AvgIpc) is 2.41. The molecule has 3 N–H and O–H groups in total. The Morgan fingerprint density at radius 3 is 2.30 bits per heavy atom. The molecule has 4 heteroatoms. The number of rotatable bonds is 4. The predicted molar refractivity (Wildman–Crippen MR) is 81.2 cm³/mol. The zero-order chi connectivity index (χ0) is 14.7. The van der Waals surface area contributed by atoms with Crippen molar-refractivity contribution in [3.63, 3.8) is 0 Å². The highest BCUT2D eigenvalue weighted by molar-refractivity contribution is 6.31. The molecule has 0 amide bonds. The van der Waals surface area contributed by atoms with Gasteiger partial charge in [-0.15, -0.1) is 0 Å². The summed E-state index contributed by atoms with van der Waals surface area (Å²) in [5, 5.41) is 23.5. The van der Waals surface area contributed by atoms with Gasteiger partial charge >= 0.3 is 0 Å². The van der Waals surface area contributed by atoms with Gasteiger partial charge in [-0.1, -0.05) is 29.8 Å². The van der Waals surface area contributed by atoms with Gasteiger partial charge in [0.1, 0.15) is 11.5 Å². The molecule has 0 radical (unpaired) electrons. The topological polar surface area (TPSA) is 52.5 Å². The number of aromatic hydroxyl groups is 2. The second kappa shape index (κ2) is 6.16. The molecule has 0 aliphatic heterocycles. The third kappa shape index (κ3) is 3.24. The summed E-state index contributed by atoms with van der Waals surface area (Å²) in [6.45, 7) is 3.94. The number of phenolic OH excluding ortho intramolecular Hbond substituents is 2. The lowest BCUT2D eigenvalue weighted by Gasteiger charge is -2.22. The van der Waals surface area contributed by atoms with E-state index in [9.17, 15) is 10.2 Å². The highest BCUT2D eigenvalue weighted by atomic mass is 35.5. The molecule has 106 valence electrons. The fraction of sp³-hybridized carbons (Fsp3) is 0.250. The first-order chi connectivity index (χ1) is 9.49. The van der Waals surface area contributed by atoms with Crippen LogP contribution in [0.1, 0.15) is 37.1 Å². The van der Waals surface area contributed by atoms with Gasteiger partial charge in [-0.3, -0.25) is 0 Å². The van der Waals surface area contributed by atoms with Crippen molar-refractivity contribution >= 4 is 11.6 Å². The largest absolute Gasteiger partial charge is 0.508 e. The first-order valence-electron chi connectivity index (χ1n) is 6.51. The Hall–Kier alpha value is -1.71. The Labute approximate surface area is 123 Å². The van der Waals surface area contributed by atoms with E-state index in [-0.39, 0.29) is 23.6 Å². The van der Waals surface area contributed by atoms with Crippen LogP contribution in [0.5, 0.6) is 11.5 Å². The number of hydrogen-bond acceptors (Lipinski definition) is 3. The normalized spacial score (nSPS) is 13.9. The Balaban J connectivity index is 2.17. The molecular formula is C16H18ClNO2. The Bertz CT molecular complexity index is 601. The van der Waals surface area contributed by atoms with E-state index in [1.54, 1.807) is 6.07 Å². The molecule has 2 rings (SSSR count). The summed E-state index contributed by atoms with van der Waals surface area (Å²) in [5.74, 6) is 0.297. The van der Waals surface area contributed by atoms with Crippen LogP contribution in [0.3, 0.4) is 0 Å². The quantitative estimate of drug-likeness (QED) is 0.741. The highest BCUT2D eigenvalue weighted by Crippen LogP contribution is 2.30. The third-order valence-corrected chi connectivity index (χ3v) is 3.69. The molecule has 0 spiro atoms. The van der Waals surface area contributed by atoms with Crippen molar-refractivity contribution in [2.45, 2.75) is 25.9 Å². The summed E-state index contributed by atoms with van der Waals surface area (Å²) in [4.78, 5) is 0. The molecule has 0 saturated heterocycles. The number of halogens is 1. The Morgan fingerprint density at radius 2 is 1.60 bits per heavy atom. The SMILES string of the molecule is CC(N[C@H](C)c1ccccc1Cl)c1cc(O)ccc1O. The van der Waals surface area contributed by atoms with E-state index in [4.69, 9.17) is 11.6 Å². The lowest BCUT2D eigenvalue weighted by atomic mass is 10.0. The summed E-state index contributed by atoms with van der Waals surface area (Å²) < 4.78 is 0. The van der Waals surface area contributed by atoms with Crippen LogP contribution in [0, 0.1) is 0 Å². The minimum absolute atomic E-state index is 0.0282. The molecule has 0 aliphatic rings. The van der Waals surface area contributed by atoms with Crippen LogP contribution >= 0.6 is 11.6 Å². The van der Waals surface area contributed by atoms with Crippen molar-refractivity contribution in [2.24, 2.45) is 0 Å². The molecule has 2 atom stereocenters. The minimum atomic E-state index is -0.117. The maximum absolute atomic E-state index is 9.87. The number of nitrogens with one attached hydrogen (secondary N) is 1. The third-order valence-electron chi connectivity index (χ3n) is 3.35. The van der Waals surface area contributed by atoms with Gasteiger partial charge in [0.25, 0.3) is 0 Å². The van der Waals surface area contributed by atoms with Gasteiger partial charge in [-0.05, 0) is 43.7 Å². The molecule has 0 heterocycles. The molecule has 0 fully saturated rings. The maximum Gasteiger partial charge on any atom is 0.120 e. The monoisotopic (exact) mass is 291 g/mol. The van der Waals surface area contributed by atoms with Crippen LogP contribution < -0.4 is 5.32 Å². The zero-order valence-corrected chi connectivity index (χ0v) is 12.2. The van der Waals surface area contributed by atoms with E-state index < -0.39 is 0 Å². The standard InChI is InChI=1S/C16H18ClNO2/c1-10(13-5-3-4-6-15(13)17)18-11(2)14-9-12(19)7-8-16(14)20/h3-11,18-20H,1-2H3/t10-,11?/m1/s1. The van der Waals surface area contributed by atoms with Gasteiger partial charge in [0.2, 0.25) is 0 Å². The summed E-state index contributed by atoms with van der Waals surface area (Å²) in [7, 11) is 0. The van der Waals surface area contributed by atoms with Crippen molar-refractivity contribution in [3.05, 3.63) is 58.6 Å². The van der Waals surface area contributed by atoms with Gasteiger partial charge in [-0.25, -0.2) is 0 Å². The molecule has 2 aromatic carbocycles. The predicted octanol–water partition coefficient (Wildman–Crippen LogP) is 4.16. The van der Waals surface area contributed by atoms with E-state index in [0.29, 0.717) is 10.6 Å². The first kappa shape index (κ1) is 14.7. The van der Waals surface area contributed by atoms with Gasteiger partial charge < -0.3 is 15.5 Å². The van der Waals surface area contributed by atoms with Gasteiger partial charge in [0, 0.05) is 22.7 Å². The van der Waals surface area contributed by atoms with Crippen molar-refractivity contribution in [1.82, 2.24) is 5.32 Å². The molecule has 20 heavy (non-hydrogen) atoms. The lowest BCUT2D eigenvalue weighted by Crippen LogP contribution is -2.22. The first-order valence-corrected chi connectivity index (χ1v) is 6.89. The Morgan fingerprint density at radius 1 is 0.950 bits per heavy atom. The van der Waals surface area contributed by atoms with E-state index in [1.807, 2.05) is 38.1 Å². The van der Waals surface area contributed by atoms with Crippen molar-refractivity contribution in [3.8, 4) is 11.5 Å². The second-order valence-electron chi connectivity index (χ2n) is 4.87. The smallest absolute Gasteiger partial charge is 0.120 e. The van der Waals surface area contributed by atoms with Gasteiger partial charge in [0.15, 0.2) is 0 Å². The van der Waals surface area contributed by atoms with Crippen LogP contribution in [-0.4, -0.2) is 10.2 Å². The van der Waals surface area contributed by atoms with Crippen LogP contribution in [0.2, 0.25) is 5.02 Å². The highest BCUT2D eigenvalue weighted by Gasteiger charge is 2.16. The van der Waals surface area contributed by atoms with Gasteiger partial charge in [0.05, 0.1) is 0 Å². The molecule has 2 aromatic rings. The Kier molecular flexibility index (Phi) is 4.53. The van der Waals surface area contributed by atoms with E-state index >= 15 is 0 Å². The fourth-order valence-corrected chi connectivity index (χ4v) is 2.57. The van der Waals surface area contributed by atoms with Gasteiger partial charge in [-0.2, -0.15) is 0 Å². The molecule has 0 saturated carbocycles. The summed E-state index contributed by atoms with van der Waals surface area (Å²) in [5.41, 5.74) is 1.66. The minimum Gasteiger partial charge on any atom is -0.508 e. The number of benzene rings is 2. The van der Waals surface area contributed by atoms with Crippen LogP contribution in [0.4, 0.5) is 0 Å². The van der Waals surface area contributed by atoms with Crippen LogP contribution in [0.15, 0.2) is 42.5 Å². The maximum atomic E-state index is 9.87. The van der Waals surface area contributed by atoms with E-state index in [2.05, 4.69) is 5.32 Å². The van der Waals surface area contributed by atoms with E-state index in [1.165, 1.54) is 12.1 Å². The molecular weight excluding hydrogens is 274 g/mol. The van der Waals surface area contributed by atoms with Crippen LogP contribution in [0.25, 0.3) is 0 Å². The molecule has 3 nitrogen and oxygen atoms in total. The summed E-state index contributed by atoms with van der Waals surface area (Å²) in [6, 6.07) is 12.1. The summed E-state index contributed by atoms with van der Waals surface area (Å²) >= 11 is 6.18. The average molecular weight is 292 g/mol. The lowest BCUT2D eigenvalue weighted by molar-refractivity contribution is 0.429. The zero-order valence-electron chi connectivity index (χ0n) is 11.5. The van der Waals surface area contributed by atoms with Crippen molar-refractivity contribution in [1.29, 1.82) is 0 Å².